The standard InChI is InChI=1S/C25H23N3O5/c1-30-18-8-6-16(7-9-18)23-19(28-13-5-12-26-25(28)27-23)10-11-20(29)17-14-21(31-2)24(33-4)22(15-17)32-3/h5-15H,1-4H3/b11-10+. The van der Waals surface area contributed by atoms with Crippen LogP contribution in [0.1, 0.15) is 16.1 Å². The number of aromatic nitrogens is 3. The van der Waals surface area contributed by atoms with Gasteiger partial charge >= 0.3 is 0 Å². The predicted octanol–water partition coefficient (Wildman–Crippen LogP) is 4.33. The van der Waals surface area contributed by atoms with E-state index in [1.54, 1.807) is 31.5 Å². The molecule has 0 aliphatic carbocycles. The normalized spacial score (nSPS) is 11.0. The van der Waals surface area contributed by atoms with Crippen molar-refractivity contribution in [3.63, 3.8) is 0 Å². The fourth-order valence-electron chi connectivity index (χ4n) is 3.50. The zero-order valence-electron chi connectivity index (χ0n) is 18.7. The van der Waals surface area contributed by atoms with Gasteiger partial charge in [0.05, 0.1) is 39.8 Å². The van der Waals surface area contributed by atoms with E-state index >= 15 is 0 Å². The first kappa shape index (κ1) is 21.9. The number of allylic oxidation sites excluding steroid dienone is 1. The fourth-order valence-corrected chi connectivity index (χ4v) is 3.50. The number of carbonyl (C=O) groups excluding carboxylic acids is 1. The minimum Gasteiger partial charge on any atom is -0.497 e. The highest BCUT2D eigenvalue weighted by Crippen LogP contribution is 2.38. The smallest absolute Gasteiger partial charge is 0.234 e. The monoisotopic (exact) mass is 445 g/mol. The van der Waals surface area contributed by atoms with Crippen molar-refractivity contribution in [1.82, 2.24) is 14.4 Å². The molecule has 0 amide bonds. The lowest BCUT2D eigenvalue weighted by Crippen LogP contribution is -2.00. The van der Waals surface area contributed by atoms with Gasteiger partial charge in [0.15, 0.2) is 17.3 Å². The maximum absolute atomic E-state index is 13.0. The molecule has 0 spiro atoms. The molecule has 8 heteroatoms. The maximum atomic E-state index is 13.0. The van der Waals surface area contributed by atoms with Crippen molar-refractivity contribution in [2.24, 2.45) is 0 Å². The van der Waals surface area contributed by atoms with Crippen LogP contribution in [0.3, 0.4) is 0 Å². The summed E-state index contributed by atoms with van der Waals surface area (Å²) in [7, 11) is 6.15. The zero-order chi connectivity index (χ0) is 23.4. The summed E-state index contributed by atoms with van der Waals surface area (Å²) in [6, 6.07) is 12.6. The SMILES string of the molecule is COc1ccc(-c2nc3ncccn3c2/C=C/C(=O)c2cc(OC)c(OC)c(OC)c2)cc1. The van der Waals surface area contributed by atoms with Crippen molar-refractivity contribution in [2.45, 2.75) is 0 Å². The van der Waals surface area contributed by atoms with Gasteiger partial charge in [-0.2, -0.15) is 0 Å². The number of imidazole rings is 1. The van der Waals surface area contributed by atoms with Gasteiger partial charge in [0.1, 0.15) is 5.75 Å². The number of ether oxygens (including phenoxy) is 4. The molecular formula is C25H23N3O5. The van der Waals surface area contributed by atoms with Crippen LogP contribution in [0.4, 0.5) is 0 Å². The van der Waals surface area contributed by atoms with Gasteiger partial charge in [0.25, 0.3) is 0 Å². The Kier molecular flexibility index (Phi) is 6.26. The Labute approximate surface area is 191 Å². The van der Waals surface area contributed by atoms with Gasteiger partial charge in [0.2, 0.25) is 11.5 Å². The minimum atomic E-state index is -0.228. The van der Waals surface area contributed by atoms with E-state index in [0.29, 0.717) is 34.3 Å². The molecule has 2 heterocycles. The van der Waals surface area contributed by atoms with Crippen LogP contribution >= 0.6 is 0 Å². The molecule has 4 rings (SSSR count). The van der Waals surface area contributed by atoms with E-state index in [9.17, 15) is 4.79 Å². The number of carbonyl (C=O) groups is 1. The van der Waals surface area contributed by atoms with E-state index in [2.05, 4.69) is 9.97 Å². The molecule has 0 N–H and O–H groups in total. The summed E-state index contributed by atoms with van der Waals surface area (Å²) < 4.78 is 23.1. The molecule has 0 saturated carbocycles. The molecule has 0 aliphatic rings. The second-order valence-electron chi connectivity index (χ2n) is 6.98. The Hall–Kier alpha value is -4.33. The number of fused-ring (bicyclic) bond motifs is 1. The van der Waals surface area contributed by atoms with Crippen LogP contribution in [0.15, 0.2) is 60.9 Å². The summed E-state index contributed by atoms with van der Waals surface area (Å²) in [5.41, 5.74) is 2.70. The van der Waals surface area contributed by atoms with Crippen LogP contribution in [0, 0.1) is 0 Å². The molecule has 0 saturated heterocycles. The number of rotatable bonds is 8. The first-order chi connectivity index (χ1) is 16.1. The maximum Gasteiger partial charge on any atom is 0.234 e. The van der Waals surface area contributed by atoms with Gasteiger partial charge in [-0.1, -0.05) is 0 Å². The fraction of sp³-hybridized carbons (Fsp3) is 0.160. The molecule has 168 valence electrons. The Morgan fingerprint density at radius 1 is 0.939 bits per heavy atom. The number of benzene rings is 2. The molecule has 2 aromatic heterocycles. The van der Waals surface area contributed by atoms with Crippen LogP contribution in [-0.4, -0.2) is 48.6 Å². The Morgan fingerprint density at radius 2 is 1.64 bits per heavy atom. The molecule has 0 radical (unpaired) electrons. The Balaban J connectivity index is 1.76. The summed E-state index contributed by atoms with van der Waals surface area (Å²) in [5, 5.41) is 0. The highest BCUT2D eigenvalue weighted by atomic mass is 16.5. The summed E-state index contributed by atoms with van der Waals surface area (Å²) in [4.78, 5) is 22.0. The summed E-state index contributed by atoms with van der Waals surface area (Å²) in [5.74, 6) is 2.29. The third-order valence-electron chi connectivity index (χ3n) is 5.15. The van der Waals surface area contributed by atoms with Gasteiger partial charge in [-0.25, -0.2) is 9.97 Å². The van der Waals surface area contributed by atoms with E-state index in [0.717, 1.165) is 17.0 Å². The Morgan fingerprint density at radius 3 is 2.24 bits per heavy atom. The van der Waals surface area contributed by atoms with E-state index < -0.39 is 0 Å². The summed E-state index contributed by atoms with van der Waals surface area (Å²) in [6.07, 6.45) is 6.75. The van der Waals surface area contributed by atoms with Crippen LogP contribution in [0.2, 0.25) is 0 Å². The highest BCUT2D eigenvalue weighted by molar-refractivity contribution is 6.07. The summed E-state index contributed by atoms with van der Waals surface area (Å²) in [6.45, 7) is 0. The van der Waals surface area contributed by atoms with Gasteiger partial charge in [0, 0.05) is 23.5 Å². The molecule has 4 aromatic rings. The molecule has 0 unspecified atom stereocenters. The second-order valence-corrected chi connectivity index (χ2v) is 6.98. The van der Waals surface area contributed by atoms with Crippen molar-refractivity contribution in [3.8, 4) is 34.3 Å². The van der Waals surface area contributed by atoms with Crippen molar-refractivity contribution < 1.29 is 23.7 Å². The van der Waals surface area contributed by atoms with E-state index in [4.69, 9.17) is 18.9 Å². The van der Waals surface area contributed by atoms with Crippen molar-refractivity contribution >= 4 is 17.6 Å². The molecule has 8 nitrogen and oxygen atoms in total. The lowest BCUT2D eigenvalue weighted by molar-refractivity contribution is 0.104. The quantitative estimate of drug-likeness (QED) is 0.295. The van der Waals surface area contributed by atoms with E-state index in [1.165, 1.54) is 27.4 Å². The van der Waals surface area contributed by atoms with Crippen LogP contribution in [-0.2, 0) is 0 Å². The van der Waals surface area contributed by atoms with Gasteiger partial charge < -0.3 is 18.9 Å². The number of ketones is 1. The number of nitrogens with zero attached hydrogens (tertiary/aromatic N) is 3. The third kappa shape index (κ3) is 4.23. The minimum absolute atomic E-state index is 0.228. The highest BCUT2D eigenvalue weighted by Gasteiger charge is 2.17. The van der Waals surface area contributed by atoms with Crippen molar-refractivity contribution in [3.05, 3.63) is 72.2 Å². The topological polar surface area (TPSA) is 84.2 Å². The predicted molar refractivity (Wildman–Crippen MR) is 124 cm³/mol. The lowest BCUT2D eigenvalue weighted by atomic mass is 10.1. The third-order valence-corrected chi connectivity index (χ3v) is 5.15. The van der Waals surface area contributed by atoms with Gasteiger partial charge in [-0.05, 0) is 54.6 Å². The average molecular weight is 445 g/mol. The zero-order valence-corrected chi connectivity index (χ0v) is 18.7. The van der Waals surface area contributed by atoms with Crippen molar-refractivity contribution in [1.29, 1.82) is 0 Å². The van der Waals surface area contributed by atoms with E-state index in [1.807, 2.05) is 40.9 Å². The molecule has 0 atom stereocenters. The summed E-state index contributed by atoms with van der Waals surface area (Å²) >= 11 is 0. The van der Waals surface area contributed by atoms with Gasteiger partial charge in [-0.3, -0.25) is 9.20 Å². The van der Waals surface area contributed by atoms with Gasteiger partial charge in [-0.15, -0.1) is 0 Å². The second kappa shape index (κ2) is 9.44. The van der Waals surface area contributed by atoms with Crippen LogP contribution in [0.25, 0.3) is 23.1 Å². The van der Waals surface area contributed by atoms with E-state index in [-0.39, 0.29) is 5.78 Å². The number of hydrogen-bond acceptors (Lipinski definition) is 7. The largest absolute Gasteiger partial charge is 0.497 e. The molecule has 33 heavy (non-hydrogen) atoms. The van der Waals surface area contributed by atoms with Crippen molar-refractivity contribution in [2.75, 3.05) is 28.4 Å². The number of methoxy groups -OCH3 is 4. The first-order valence-corrected chi connectivity index (χ1v) is 10.1. The average Bonchev–Trinajstić information content (AvgIpc) is 3.24. The lowest BCUT2D eigenvalue weighted by Gasteiger charge is -2.13. The molecule has 0 bridgehead atoms. The molecule has 0 fully saturated rings. The first-order valence-electron chi connectivity index (χ1n) is 10.1. The van der Waals surface area contributed by atoms with Crippen LogP contribution < -0.4 is 18.9 Å². The number of hydrogen-bond donors (Lipinski definition) is 0. The molecule has 2 aromatic carbocycles. The molecular weight excluding hydrogens is 422 g/mol. The molecule has 0 aliphatic heterocycles. The van der Waals surface area contributed by atoms with Crippen LogP contribution in [0.5, 0.6) is 23.0 Å². The Bertz CT molecular complexity index is 1300.